The lowest BCUT2D eigenvalue weighted by atomic mass is 9.99. The molecule has 4 N–H and O–H groups in total. The highest BCUT2D eigenvalue weighted by atomic mass is 32.3. The number of hydrogen-bond donors (Lipinski definition) is 4. The maximum absolute atomic E-state index is 12.7. The summed E-state index contributed by atoms with van der Waals surface area (Å²) in [5.74, 6) is -0.404. The average molecular weight is 823 g/mol. The Balaban J connectivity index is 2.29. The number of ether oxygens (including phenoxy) is 4. The first-order chi connectivity index (χ1) is 27.1. The van der Waals surface area contributed by atoms with Crippen LogP contribution in [0.3, 0.4) is 0 Å². The minimum Gasteiger partial charge on any atom is -0.457 e. The number of esters is 1. The molecule has 13 heteroatoms. The van der Waals surface area contributed by atoms with Crippen LogP contribution < -0.4 is 0 Å². The molecule has 12 nitrogen and oxygen atoms in total. The molecule has 0 spiro atoms. The zero-order chi connectivity index (χ0) is 41.1. The number of carbonyl (C=O) groups is 1. The third-order valence-electron chi connectivity index (χ3n) is 10.4. The Labute approximate surface area is 340 Å². The molecule has 0 aliphatic carbocycles. The third-order valence-corrected chi connectivity index (χ3v) is 10.9. The van der Waals surface area contributed by atoms with Gasteiger partial charge in [-0.2, -0.15) is 8.42 Å². The van der Waals surface area contributed by atoms with E-state index in [2.05, 4.69) is 30.2 Å². The molecule has 1 aliphatic rings. The monoisotopic (exact) mass is 823 g/mol. The van der Waals surface area contributed by atoms with Gasteiger partial charge in [-0.05, 0) is 38.5 Å². The van der Waals surface area contributed by atoms with E-state index in [1.165, 1.54) is 128 Å². The molecule has 0 aromatic rings. The fourth-order valence-corrected chi connectivity index (χ4v) is 7.47. The minimum atomic E-state index is -5.05. The van der Waals surface area contributed by atoms with Gasteiger partial charge in [-0.25, -0.2) is 4.18 Å². The summed E-state index contributed by atoms with van der Waals surface area (Å²) in [6.07, 6.45) is 28.6. The van der Waals surface area contributed by atoms with Crippen LogP contribution in [-0.2, 0) is 38.3 Å². The first-order valence-corrected chi connectivity index (χ1v) is 23.8. The lowest BCUT2D eigenvalue weighted by Crippen LogP contribution is -2.60. The SMILES string of the molecule is CCCCCCCCCC/C=C\CCCCCCCCCCCCOCC(COC1OC(CO)C(O)C(OS(=O)(=O)O)C1O)OC(=O)CCCCCCCCC. The second-order valence-corrected chi connectivity index (χ2v) is 16.7. The Kier molecular flexibility index (Phi) is 33.7. The third kappa shape index (κ3) is 29.1. The first-order valence-electron chi connectivity index (χ1n) is 22.4. The molecule has 6 atom stereocenters. The fraction of sp³-hybridized carbons (Fsp3) is 0.930. The van der Waals surface area contributed by atoms with Crippen molar-refractivity contribution in [2.75, 3.05) is 26.4 Å². The predicted molar refractivity (Wildman–Crippen MR) is 221 cm³/mol. The summed E-state index contributed by atoms with van der Waals surface area (Å²) in [6, 6.07) is 0. The van der Waals surface area contributed by atoms with Crippen LogP contribution in [0.1, 0.15) is 194 Å². The molecule has 1 heterocycles. The van der Waals surface area contributed by atoms with Crippen molar-refractivity contribution in [2.24, 2.45) is 0 Å². The van der Waals surface area contributed by atoms with Crippen molar-refractivity contribution in [3.63, 3.8) is 0 Å². The Hall–Kier alpha value is -1.16. The van der Waals surface area contributed by atoms with Crippen molar-refractivity contribution >= 4 is 16.4 Å². The van der Waals surface area contributed by atoms with Gasteiger partial charge in [-0.3, -0.25) is 9.35 Å². The van der Waals surface area contributed by atoms with Crippen LogP contribution in [0.2, 0.25) is 0 Å². The quantitative estimate of drug-likeness (QED) is 0.0200. The zero-order valence-corrected chi connectivity index (χ0v) is 36.0. The zero-order valence-electron chi connectivity index (χ0n) is 35.2. The lowest BCUT2D eigenvalue weighted by molar-refractivity contribution is -0.301. The standard InChI is InChI=1S/C43H82O12S/c1-3-5-7-9-11-12-13-14-15-16-17-18-19-20-21-22-23-24-25-27-29-31-33-51-35-37(53-39(45)32-30-28-26-10-8-6-4-2)36-52-43-41(47)42(55-56(48,49)50)40(46)38(34-44)54-43/h16-17,37-38,40-44,46-47H,3-15,18-36H2,1-2H3,(H,48,49,50)/b17-16-. The number of aliphatic hydroxyl groups excluding tert-OH is 3. The molecule has 1 rings (SSSR count). The highest BCUT2D eigenvalue weighted by Gasteiger charge is 2.48. The van der Waals surface area contributed by atoms with E-state index in [4.69, 9.17) is 23.5 Å². The van der Waals surface area contributed by atoms with Crippen LogP contribution in [0.25, 0.3) is 0 Å². The summed E-state index contributed by atoms with van der Waals surface area (Å²) in [5, 5.41) is 30.5. The normalized spacial score (nSPS) is 20.9. The van der Waals surface area contributed by atoms with Crippen LogP contribution in [0, 0.1) is 0 Å². The van der Waals surface area contributed by atoms with Crippen LogP contribution in [-0.4, -0.2) is 97.5 Å². The van der Waals surface area contributed by atoms with Gasteiger partial charge < -0.3 is 34.3 Å². The van der Waals surface area contributed by atoms with E-state index in [1.54, 1.807) is 0 Å². The summed E-state index contributed by atoms with van der Waals surface area (Å²) in [5.41, 5.74) is 0. The number of carbonyl (C=O) groups excluding carboxylic acids is 1. The van der Waals surface area contributed by atoms with E-state index in [9.17, 15) is 28.5 Å². The van der Waals surface area contributed by atoms with Gasteiger partial charge >= 0.3 is 16.4 Å². The van der Waals surface area contributed by atoms with E-state index in [-0.39, 0.29) is 19.6 Å². The van der Waals surface area contributed by atoms with E-state index < -0.39 is 59.8 Å². The smallest absolute Gasteiger partial charge is 0.397 e. The lowest BCUT2D eigenvalue weighted by Gasteiger charge is -2.41. The van der Waals surface area contributed by atoms with Gasteiger partial charge in [0.25, 0.3) is 0 Å². The molecule has 332 valence electrons. The maximum atomic E-state index is 12.7. The summed E-state index contributed by atoms with van der Waals surface area (Å²) < 4.78 is 58.8. The number of allylic oxidation sites excluding steroid dienone is 2. The molecule has 0 bridgehead atoms. The van der Waals surface area contributed by atoms with Crippen LogP contribution >= 0.6 is 0 Å². The number of unbranched alkanes of at least 4 members (excludes halogenated alkanes) is 24. The van der Waals surface area contributed by atoms with Crippen molar-refractivity contribution in [2.45, 2.75) is 230 Å². The number of hydrogen-bond acceptors (Lipinski definition) is 11. The largest absolute Gasteiger partial charge is 0.457 e. The highest BCUT2D eigenvalue weighted by molar-refractivity contribution is 7.80. The van der Waals surface area contributed by atoms with E-state index in [0.29, 0.717) is 13.0 Å². The Morgan fingerprint density at radius 3 is 1.61 bits per heavy atom. The van der Waals surface area contributed by atoms with Crippen LogP contribution in [0.4, 0.5) is 0 Å². The number of rotatable bonds is 39. The Bertz CT molecular complexity index is 1040. The van der Waals surface area contributed by atoms with Crippen molar-refractivity contribution in [3.8, 4) is 0 Å². The van der Waals surface area contributed by atoms with Crippen LogP contribution in [0.5, 0.6) is 0 Å². The number of aliphatic hydroxyl groups is 3. The van der Waals surface area contributed by atoms with Gasteiger partial charge in [0.1, 0.15) is 30.5 Å². The highest BCUT2D eigenvalue weighted by Crippen LogP contribution is 2.26. The van der Waals surface area contributed by atoms with Gasteiger partial charge in [0.15, 0.2) is 6.29 Å². The summed E-state index contributed by atoms with van der Waals surface area (Å²) in [6.45, 7) is 3.95. The average Bonchev–Trinajstić information content (AvgIpc) is 3.16. The Morgan fingerprint density at radius 1 is 0.661 bits per heavy atom. The molecule has 0 aromatic carbocycles. The minimum absolute atomic E-state index is 0.0393. The van der Waals surface area contributed by atoms with Crippen molar-refractivity contribution < 1.29 is 56.2 Å². The second kappa shape index (κ2) is 35.8. The molecule has 1 aliphatic heterocycles. The molecule has 0 amide bonds. The van der Waals surface area contributed by atoms with E-state index in [0.717, 1.165) is 38.5 Å². The van der Waals surface area contributed by atoms with E-state index >= 15 is 0 Å². The van der Waals surface area contributed by atoms with Gasteiger partial charge in [0, 0.05) is 13.0 Å². The summed E-state index contributed by atoms with van der Waals surface area (Å²) in [4.78, 5) is 12.7. The molecule has 0 radical (unpaired) electrons. The molecule has 56 heavy (non-hydrogen) atoms. The Morgan fingerprint density at radius 2 is 1.12 bits per heavy atom. The molecule has 0 saturated carbocycles. The molecule has 6 unspecified atom stereocenters. The molecular formula is C43H82O12S. The van der Waals surface area contributed by atoms with E-state index in [1.807, 2.05) is 0 Å². The van der Waals surface area contributed by atoms with Crippen molar-refractivity contribution in [3.05, 3.63) is 12.2 Å². The van der Waals surface area contributed by atoms with Crippen molar-refractivity contribution in [1.82, 2.24) is 0 Å². The van der Waals surface area contributed by atoms with Crippen LogP contribution in [0.15, 0.2) is 12.2 Å². The van der Waals surface area contributed by atoms with Gasteiger partial charge in [0.2, 0.25) is 0 Å². The van der Waals surface area contributed by atoms with Gasteiger partial charge in [0.05, 0.1) is 19.8 Å². The maximum Gasteiger partial charge on any atom is 0.397 e. The van der Waals surface area contributed by atoms with Gasteiger partial charge in [-0.15, -0.1) is 0 Å². The first kappa shape index (κ1) is 52.9. The predicted octanol–water partition coefficient (Wildman–Crippen LogP) is 9.08. The topological polar surface area (TPSA) is 178 Å². The second-order valence-electron chi connectivity index (χ2n) is 15.6. The summed E-state index contributed by atoms with van der Waals surface area (Å²) >= 11 is 0. The fourth-order valence-electron chi connectivity index (χ4n) is 6.96. The molecule has 1 saturated heterocycles. The molecule has 1 fully saturated rings. The molecular weight excluding hydrogens is 741 g/mol. The summed E-state index contributed by atoms with van der Waals surface area (Å²) in [7, 11) is -5.05. The van der Waals surface area contributed by atoms with Gasteiger partial charge in [-0.1, -0.05) is 161 Å². The molecule has 0 aromatic heterocycles. The van der Waals surface area contributed by atoms with Crippen molar-refractivity contribution in [1.29, 1.82) is 0 Å².